The lowest BCUT2D eigenvalue weighted by Crippen LogP contribution is -2.01. The second kappa shape index (κ2) is 15.4. The number of rotatable bonds is 8. The van der Waals surface area contributed by atoms with Gasteiger partial charge in [-0.1, -0.05) is 182 Å². The van der Waals surface area contributed by atoms with Crippen molar-refractivity contribution in [3.63, 3.8) is 0 Å². The summed E-state index contributed by atoms with van der Waals surface area (Å²) in [6.07, 6.45) is 0. The molecule has 0 bridgehead atoms. The first kappa shape index (κ1) is 29.5. The summed E-state index contributed by atoms with van der Waals surface area (Å²) < 4.78 is 43.4. The van der Waals surface area contributed by atoms with Gasteiger partial charge in [0.1, 0.15) is 0 Å². The molecule has 0 saturated heterocycles. The van der Waals surface area contributed by atoms with E-state index in [1.165, 1.54) is 0 Å². The molecule has 1 heterocycles. The van der Waals surface area contributed by atoms with E-state index in [2.05, 4.69) is 97.1 Å². The average Bonchev–Trinajstić information content (AvgIpc) is 3.35. The fraction of sp³-hybridized carbons (Fsp3) is 0. The van der Waals surface area contributed by atoms with E-state index in [1.807, 2.05) is 97.1 Å². The Morgan fingerprint density at radius 1 is 0.241 bits per heavy atom. The van der Waals surface area contributed by atoms with Crippen molar-refractivity contribution < 1.29 is 6.85 Å². The summed E-state index contributed by atoms with van der Waals surface area (Å²) >= 11 is 0. The summed E-state index contributed by atoms with van der Waals surface area (Å²) in [5.74, 6) is 1.30. The van der Waals surface area contributed by atoms with Crippen molar-refractivity contribution in [2.24, 2.45) is 0 Å². The van der Waals surface area contributed by atoms with Crippen LogP contribution in [-0.2, 0) is 0 Å². The SMILES string of the molecule is [2H]c1c([2H])c([2H])c(-c2cc(-c3ccc4cc(-c5ccccc5)ccc4c3)cc(-c3nc(-c4cccc(-c5ccccc5)c4)nc(-c4cccc(-c5ccccc5)c4)n3)c2)c([2H])c1[2H]. The zero-order valence-electron chi connectivity index (χ0n) is 36.3. The van der Waals surface area contributed by atoms with E-state index < -0.39 is 18.1 Å². The summed E-state index contributed by atoms with van der Waals surface area (Å²) in [5, 5.41) is 2.10. The lowest BCUT2D eigenvalue weighted by molar-refractivity contribution is 1.07. The molecule has 0 radical (unpaired) electrons. The van der Waals surface area contributed by atoms with E-state index in [-0.39, 0.29) is 17.6 Å². The highest BCUT2D eigenvalue weighted by Crippen LogP contribution is 2.36. The van der Waals surface area contributed by atoms with Crippen molar-refractivity contribution in [3.8, 4) is 89.8 Å². The summed E-state index contributed by atoms with van der Waals surface area (Å²) in [5.41, 5.74) is 10.8. The maximum Gasteiger partial charge on any atom is 0.164 e. The van der Waals surface area contributed by atoms with E-state index in [4.69, 9.17) is 21.8 Å². The summed E-state index contributed by atoms with van der Waals surface area (Å²) in [6, 6.07) is 63.3. The molecule has 0 fully saturated rings. The maximum atomic E-state index is 8.98. The molecule has 58 heavy (non-hydrogen) atoms. The lowest BCUT2D eigenvalue weighted by Gasteiger charge is -2.14. The molecule has 0 saturated carbocycles. The van der Waals surface area contributed by atoms with E-state index in [0.717, 1.165) is 66.4 Å². The first-order valence-electron chi connectivity index (χ1n) is 21.7. The monoisotopic (exact) mass is 744 g/mol. The van der Waals surface area contributed by atoms with E-state index >= 15 is 0 Å². The molecular weight excluding hydrogens is 703 g/mol. The van der Waals surface area contributed by atoms with Crippen molar-refractivity contribution in [3.05, 3.63) is 224 Å². The molecule has 0 aliphatic heterocycles. The van der Waals surface area contributed by atoms with Crippen molar-refractivity contribution in [1.82, 2.24) is 15.0 Å². The smallest absolute Gasteiger partial charge is 0.164 e. The van der Waals surface area contributed by atoms with Gasteiger partial charge in [0, 0.05) is 16.7 Å². The summed E-state index contributed by atoms with van der Waals surface area (Å²) in [6.45, 7) is 0. The molecule has 0 unspecified atom stereocenters. The molecule has 3 heteroatoms. The lowest BCUT2D eigenvalue weighted by atomic mass is 9.93. The average molecular weight is 745 g/mol. The standard InChI is InChI=1S/C55H37N3/c1-5-15-38(16-6-1)42-23-13-25-48(33-42)53-56-54(49-26-14-24-43(34-49)39-17-7-2-8-18-39)58-55(57-53)52-36-50(41-21-11-4-12-22-41)35-51(37-52)47-30-29-45-31-44(27-28-46(45)32-47)40-19-9-3-10-20-40/h1-37H/i4D,11D,12D,21D,22D. The van der Waals surface area contributed by atoms with Crippen molar-refractivity contribution in [1.29, 1.82) is 0 Å². The van der Waals surface area contributed by atoms with Gasteiger partial charge in [0.05, 0.1) is 6.85 Å². The van der Waals surface area contributed by atoms with Crippen molar-refractivity contribution >= 4 is 10.8 Å². The van der Waals surface area contributed by atoms with Gasteiger partial charge in [-0.3, -0.25) is 0 Å². The first-order chi connectivity index (χ1) is 30.8. The highest BCUT2D eigenvalue weighted by molar-refractivity contribution is 5.92. The van der Waals surface area contributed by atoms with Crippen LogP contribution in [0.2, 0.25) is 0 Å². The van der Waals surface area contributed by atoms with Crippen LogP contribution >= 0.6 is 0 Å². The normalized spacial score (nSPS) is 12.3. The Hall–Kier alpha value is -7.75. The quantitative estimate of drug-likeness (QED) is 0.155. The molecule has 272 valence electrons. The van der Waals surface area contributed by atoms with Gasteiger partial charge in [-0.2, -0.15) is 0 Å². The van der Waals surface area contributed by atoms with E-state index in [0.29, 0.717) is 28.6 Å². The van der Waals surface area contributed by atoms with Crippen LogP contribution < -0.4 is 0 Å². The molecule has 3 nitrogen and oxygen atoms in total. The Morgan fingerprint density at radius 2 is 0.586 bits per heavy atom. The van der Waals surface area contributed by atoms with Gasteiger partial charge in [0.2, 0.25) is 0 Å². The van der Waals surface area contributed by atoms with Crippen LogP contribution in [0.4, 0.5) is 0 Å². The Bertz CT molecular complexity index is 3210. The van der Waals surface area contributed by atoms with Crippen LogP contribution in [0.25, 0.3) is 101 Å². The van der Waals surface area contributed by atoms with Gasteiger partial charge in [-0.05, 0) is 109 Å². The van der Waals surface area contributed by atoms with Crippen LogP contribution in [0.5, 0.6) is 0 Å². The molecular formula is C55H37N3. The third kappa shape index (κ3) is 7.21. The Labute approximate surface area is 345 Å². The second-order valence-electron chi connectivity index (χ2n) is 14.1. The van der Waals surface area contributed by atoms with Gasteiger partial charge < -0.3 is 0 Å². The third-order valence-electron chi connectivity index (χ3n) is 10.4. The van der Waals surface area contributed by atoms with Gasteiger partial charge in [-0.15, -0.1) is 0 Å². The fourth-order valence-corrected chi connectivity index (χ4v) is 7.40. The summed E-state index contributed by atoms with van der Waals surface area (Å²) in [4.78, 5) is 15.4. The molecule has 10 aromatic rings. The predicted molar refractivity (Wildman–Crippen MR) is 241 cm³/mol. The van der Waals surface area contributed by atoms with Gasteiger partial charge in [-0.25, -0.2) is 15.0 Å². The minimum atomic E-state index is -0.447. The van der Waals surface area contributed by atoms with E-state index in [9.17, 15) is 0 Å². The van der Waals surface area contributed by atoms with E-state index in [1.54, 1.807) is 0 Å². The zero-order chi connectivity index (χ0) is 43.0. The van der Waals surface area contributed by atoms with Gasteiger partial charge in [0.15, 0.2) is 17.5 Å². The highest BCUT2D eigenvalue weighted by Gasteiger charge is 2.16. The summed E-state index contributed by atoms with van der Waals surface area (Å²) in [7, 11) is 0. The molecule has 0 aliphatic rings. The second-order valence-corrected chi connectivity index (χ2v) is 14.1. The number of fused-ring (bicyclic) bond motifs is 1. The molecule has 1 aromatic heterocycles. The van der Waals surface area contributed by atoms with Crippen LogP contribution in [0, 0.1) is 0 Å². The molecule has 9 aromatic carbocycles. The largest absolute Gasteiger partial charge is 0.208 e. The Balaban J connectivity index is 1.19. The van der Waals surface area contributed by atoms with Crippen LogP contribution in [0.15, 0.2) is 224 Å². The minimum absolute atomic E-state index is 0.0954. The number of hydrogen-bond donors (Lipinski definition) is 0. The van der Waals surface area contributed by atoms with Gasteiger partial charge in [0.25, 0.3) is 0 Å². The first-order valence-corrected chi connectivity index (χ1v) is 19.2. The zero-order valence-corrected chi connectivity index (χ0v) is 31.3. The predicted octanol–water partition coefficient (Wildman–Crippen LogP) is 14.4. The Morgan fingerprint density at radius 3 is 1.07 bits per heavy atom. The van der Waals surface area contributed by atoms with Crippen LogP contribution in [0.1, 0.15) is 6.85 Å². The Kier molecular flexibility index (Phi) is 7.85. The van der Waals surface area contributed by atoms with Crippen LogP contribution in [-0.4, -0.2) is 15.0 Å². The molecule has 0 N–H and O–H groups in total. The highest BCUT2D eigenvalue weighted by atomic mass is 15.0. The molecule has 0 aliphatic carbocycles. The molecule has 10 rings (SSSR count). The van der Waals surface area contributed by atoms with Crippen molar-refractivity contribution in [2.45, 2.75) is 0 Å². The third-order valence-corrected chi connectivity index (χ3v) is 10.4. The molecule has 0 spiro atoms. The van der Waals surface area contributed by atoms with Crippen LogP contribution in [0.3, 0.4) is 0 Å². The number of nitrogens with zero attached hydrogens (tertiary/aromatic N) is 3. The fourth-order valence-electron chi connectivity index (χ4n) is 7.40. The number of aromatic nitrogens is 3. The number of benzene rings is 9. The topological polar surface area (TPSA) is 38.7 Å². The van der Waals surface area contributed by atoms with Crippen molar-refractivity contribution in [2.75, 3.05) is 0 Å². The minimum Gasteiger partial charge on any atom is -0.208 e. The number of hydrogen-bond acceptors (Lipinski definition) is 3. The molecule has 0 atom stereocenters. The van der Waals surface area contributed by atoms with Gasteiger partial charge >= 0.3 is 0 Å². The maximum absolute atomic E-state index is 8.98. The molecule has 0 amide bonds.